The average molecular weight is 251 g/mol. The van der Waals surface area contributed by atoms with Gasteiger partial charge in [0.05, 0.1) is 10.5 Å². The summed E-state index contributed by atoms with van der Waals surface area (Å²) in [5.74, 6) is 0. The van der Waals surface area contributed by atoms with E-state index in [-0.39, 0.29) is 0 Å². The fraction of sp³-hybridized carbons (Fsp3) is 0.429. The maximum absolute atomic E-state index is 6.18. The number of hydrogen-bond acceptors (Lipinski definition) is 1. The van der Waals surface area contributed by atoms with Crippen LogP contribution >= 0.6 is 11.6 Å². The molecule has 0 aliphatic rings. The Morgan fingerprint density at radius 3 is 2.82 bits per heavy atom. The first-order valence-corrected chi connectivity index (χ1v) is 6.46. The van der Waals surface area contributed by atoms with Crippen molar-refractivity contribution in [2.45, 2.75) is 33.2 Å². The molecule has 3 heteroatoms. The van der Waals surface area contributed by atoms with Gasteiger partial charge in [-0.1, -0.05) is 37.6 Å². The lowest BCUT2D eigenvalue weighted by atomic mass is 10.1. The predicted molar refractivity (Wildman–Crippen MR) is 74.9 cm³/mol. The Hall–Kier alpha value is -0.990. The Morgan fingerprint density at radius 2 is 2.12 bits per heavy atom. The lowest BCUT2D eigenvalue weighted by molar-refractivity contribution is 0.590. The van der Waals surface area contributed by atoms with E-state index in [2.05, 4.69) is 37.1 Å². The number of para-hydroxylation sites is 1. The third-order valence-electron chi connectivity index (χ3n) is 3.03. The summed E-state index contributed by atoms with van der Waals surface area (Å²) in [5, 5.41) is 5.49. The smallest absolute Gasteiger partial charge is 0.0648 e. The van der Waals surface area contributed by atoms with E-state index in [0.29, 0.717) is 6.04 Å². The number of aromatic nitrogens is 1. The summed E-state index contributed by atoms with van der Waals surface area (Å²) in [6, 6.07) is 6.60. The summed E-state index contributed by atoms with van der Waals surface area (Å²) >= 11 is 6.18. The molecule has 0 aliphatic heterocycles. The van der Waals surface area contributed by atoms with Crippen molar-refractivity contribution >= 4 is 22.5 Å². The zero-order valence-electron chi connectivity index (χ0n) is 10.6. The van der Waals surface area contributed by atoms with Crippen LogP contribution in [0.15, 0.2) is 18.2 Å². The molecule has 0 spiro atoms. The molecule has 2 nitrogen and oxygen atoms in total. The number of aryl methyl sites for hydroxylation is 1. The van der Waals surface area contributed by atoms with E-state index in [1.54, 1.807) is 0 Å². The number of nitrogens with one attached hydrogen (secondary N) is 2. The highest BCUT2D eigenvalue weighted by molar-refractivity contribution is 6.35. The van der Waals surface area contributed by atoms with Crippen molar-refractivity contribution in [1.29, 1.82) is 0 Å². The molecule has 0 saturated carbocycles. The summed E-state index contributed by atoms with van der Waals surface area (Å²) in [7, 11) is 0. The van der Waals surface area contributed by atoms with Gasteiger partial charge in [0.1, 0.15) is 0 Å². The number of aromatic amines is 1. The summed E-state index contributed by atoms with van der Waals surface area (Å²) in [6.07, 6.45) is 1.03. The van der Waals surface area contributed by atoms with E-state index in [1.807, 2.05) is 12.1 Å². The van der Waals surface area contributed by atoms with E-state index in [4.69, 9.17) is 11.6 Å². The highest BCUT2D eigenvalue weighted by Gasteiger charge is 2.09. The van der Waals surface area contributed by atoms with Crippen LogP contribution in [0.4, 0.5) is 0 Å². The van der Waals surface area contributed by atoms with Gasteiger partial charge in [-0.15, -0.1) is 0 Å². The number of H-pyrrole nitrogens is 1. The van der Waals surface area contributed by atoms with Crippen LogP contribution in [0.2, 0.25) is 5.02 Å². The van der Waals surface area contributed by atoms with Crippen LogP contribution in [0.1, 0.15) is 25.1 Å². The molecule has 1 heterocycles. The molecule has 0 radical (unpaired) electrons. The quantitative estimate of drug-likeness (QED) is 0.852. The minimum atomic E-state index is 0.532. The zero-order valence-corrected chi connectivity index (χ0v) is 11.4. The van der Waals surface area contributed by atoms with Gasteiger partial charge in [-0.3, -0.25) is 0 Å². The Labute approximate surface area is 107 Å². The Balaban J connectivity index is 2.27. The molecule has 2 N–H and O–H groups in total. The fourth-order valence-electron chi connectivity index (χ4n) is 2.18. The van der Waals surface area contributed by atoms with E-state index in [0.717, 1.165) is 23.5 Å². The van der Waals surface area contributed by atoms with Crippen LogP contribution in [0.5, 0.6) is 0 Å². The zero-order chi connectivity index (χ0) is 12.4. The average Bonchev–Trinajstić information content (AvgIpc) is 2.57. The highest BCUT2D eigenvalue weighted by atomic mass is 35.5. The predicted octanol–water partition coefficient (Wildman–Crippen LogP) is 3.67. The molecule has 1 aromatic carbocycles. The van der Waals surface area contributed by atoms with Crippen LogP contribution in [0.25, 0.3) is 10.9 Å². The molecule has 1 aromatic heterocycles. The molecule has 92 valence electrons. The van der Waals surface area contributed by atoms with Crippen molar-refractivity contribution in [3.63, 3.8) is 0 Å². The largest absolute Gasteiger partial charge is 0.357 e. The molecule has 0 atom stereocenters. The molecule has 0 amide bonds. The maximum atomic E-state index is 6.18. The second-order valence-corrected chi connectivity index (χ2v) is 5.16. The van der Waals surface area contributed by atoms with Gasteiger partial charge in [-0.25, -0.2) is 0 Å². The van der Waals surface area contributed by atoms with Crippen molar-refractivity contribution in [3.05, 3.63) is 34.5 Å². The van der Waals surface area contributed by atoms with Gasteiger partial charge < -0.3 is 10.3 Å². The monoisotopic (exact) mass is 250 g/mol. The summed E-state index contributed by atoms with van der Waals surface area (Å²) in [5.41, 5.74) is 3.65. The van der Waals surface area contributed by atoms with Crippen LogP contribution < -0.4 is 5.32 Å². The first kappa shape index (κ1) is 12.5. The van der Waals surface area contributed by atoms with E-state index in [9.17, 15) is 0 Å². The molecule has 0 saturated heterocycles. The third-order valence-corrected chi connectivity index (χ3v) is 3.35. The molecular weight excluding hydrogens is 232 g/mol. The van der Waals surface area contributed by atoms with Crippen LogP contribution in [-0.4, -0.2) is 17.6 Å². The van der Waals surface area contributed by atoms with Crippen molar-refractivity contribution in [2.75, 3.05) is 6.54 Å². The molecule has 17 heavy (non-hydrogen) atoms. The van der Waals surface area contributed by atoms with Gasteiger partial charge in [0.15, 0.2) is 0 Å². The number of halogens is 1. The molecule has 0 unspecified atom stereocenters. The SMILES string of the molecule is Cc1[nH]c2c(Cl)cccc2c1CCNC(C)C. The number of hydrogen-bond donors (Lipinski definition) is 2. The Morgan fingerprint density at radius 1 is 1.35 bits per heavy atom. The van der Waals surface area contributed by atoms with Crippen LogP contribution in [0.3, 0.4) is 0 Å². The van der Waals surface area contributed by atoms with Crippen LogP contribution in [-0.2, 0) is 6.42 Å². The second kappa shape index (κ2) is 5.11. The first-order valence-electron chi connectivity index (χ1n) is 6.08. The van der Waals surface area contributed by atoms with Gasteiger partial charge in [0.25, 0.3) is 0 Å². The molecule has 0 fully saturated rings. The Kier molecular flexibility index (Phi) is 3.75. The second-order valence-electron chi connectivity index (χ2n) is 4.75. The first-order chi connectivity index (χ1) is 8.09. The number of benzene rings is 1. The van der Waals surface area contributed by atoms with Gasteiger partial charge in [0, 0.05) is 17.1 Å². The topological polar surface area (TPSA) is 27.8 Å². The van der Waals surface area contributed by atoms with Crippen LogP contribution in [0, 0.1) is 6.92 Å². The lowest BCUT2D eigenvalue weighted by Gasteiger charge is -2.07. The molecule has 2 aromatic rings. The maximum Gasteiger partial charge on any atom is 0.0648 e. The molecule has 0 aliphatic carbocycles. The molecule has 2 rings (SSSR count). The number of fused-ring (bicyclic) bond motifs is 1. The normalized spacial score (nSPS) is 11.6. The van der Waals surface area contributed by atoms with Crippen molar-refractivity contribution in [1.82, 2.24) is 10.3 Å². The summed E-state index contributed by atoms with van der Waals surface area (Å²) < 4.78 is 0. The lowest BCUT2D eigenvalue weighted by Crippen LogP contribution is -2.25. The van der Waals surface area contributed by atoms with Gasteiger partial charge in [-0.05, 0) is 31.5 Å². The summed E-state index contributed by atoms with van der Waals surface area (Å²) in [6.45, 7) is 7.44. The number of rotatable bonds is 4. The summed E-state index contributed by atoms with van der Waals surface area (Å²) in [4.78, 5) is 3.37. The van der Waals surface area contributed by atoms with E-state index >= 15 is 0 Å². The van der Waals surface area contributed by atoms with Crippen molar-refractivity contribution in [3.8, 4) is 0 Å². The third kappa shape index (κ3) is 2.64. The molecular formula is C14H19ClN2. The van der Waals surface area contributed by atoms with Crippen molar-refractivity contribution in [2.24, 2.45) is 0 Å². The molecule has 0 bridgehead atoms. The Bertz CT molecular complexity index is 514. The minimum Gasteiger partial charge on any atom is -0.357 e. The van der Waals surface area contributed by atoms with E-state index in [1.165, 1.54) is 16.6 Å². The van der Waals surface area contributed by atoms with Gasteiger partial charge >= 0.3 is 0 Å². The van der Waals surface area contributed by atoms with E-state index < -0.39 is 0 Å². The van der Waals surface area contributed by atoms with Gasteiger partial charge in [0.2, 0.25) is 0 Å². The highest BCUT2D eigenvalue weighted by Crippen LogP contribution is 2.27. The standard InChI is InChI=1S/C14H19ClN2/c1-9(2)16-8-7-11-10(3)17-14-12(11)5-4-6-13(14)15/h4-6,9,16-17H,7-8H2,1-3H3. The van der Waals surface area contributed by atoms with Gasteiger partial charge in [-0.2, -0.15) is 0 Å². The fourth-order valence-corrected chi connectivity index (χ4v) is 2.40. The minimum absolute atomic E-state index is 0.532. The van der Waals surface area contributed by atoms with Crippen molar-refractivity contribution < 1.29 is 0 Å².